The first-order valence-corrected chi connectivity index (χ1v) is 8.22. The summed E-state index contributed by atoms with van der Waals surface area (Å²) in [6, 6.07) is 4.28. The van der Waals surface area contributed by atoms with E-state index in [1.807, 2.05) is 49.2 Å². The van der Waals surface area contributed by atoms with E-state index in [2.05, 4.69) is 15.4 Å². The molecule has 0 unspecified atom stereocenters. The van der Waals surface area contributed by atoms with Crippen LogP contribution < -0.4 is 5.32 Å². The van der Waals surface area contributed by atoms with Crippen LogP contribution in [0.2, 0.25) is 0 Å². The minimum Gasteiger partial charge on any atom is -0.367 e. The number of rotatable bonds is 2. The number of anilines is 1. The molecule has 1 N–H and O–H groups in total. The van der Waals surface area contributed by atoms with Crippen molar-refractivity contribution in [2.24, 2.45) is 5.41 Å². The van der Waals surface area contributed by atoms with Crippen molar-refractivity contribution in [2.45, 2.75) is 46.6 Å². The Kier molecular flexibility index (Phi) is 4.00. The van der Waals surface area contributed by atoms with Crippen LogP contribution in [-0.4, -0.2) is 44.5 Å². The maximum Gasteiger partial charge on any atom is 0.227 e. The van der Waals surface area contributed by atoms with Crippen LogP contribution in [0, 0.1) is 12.3 Å². The maximum absolute atomic E-state index is 12.4. The van der Waals surface area contributed by atoms with Gasteiger partial charge in [-0.3, -0.25) is 4.79 Å². The van der Waals surface area contributed by atoms with E-state index in [-0.39, 0.29) is 11.3 Å². The van der Waals surface area contributed by atoms with Crippen LogP contribution >= 0.6 is 0 Å². The molecule has 1 saturated heterocycles. The summed E-state index contributed by atoms with van der Waals surface area (Å²) in [5.74, 6) is 1.21. The minimum absolute atomic E-state index is 0.241. The van der Waals surface area contributed by atoms with Crippen LogP contribution in [0.5, 0.6) is 0 Å². The number of likely N-dealkylation sites (tertiary alicyclic amines) is 1. The standard InChI is InChI=1S/C17H25N5O/c1-12-11-15(22-14(19-12)5-8-18-22)20-13-6-9-21(10-7-13)16(23)17(2,3)4/h5,8,11,13,20H,6-7,9-10H2,1-4H3. The first kappa shape index (κ1) is 15.8. The van der Waals surface area contributed by atoms with Crippen LogP contribution in [0.15, 0.2) is 18.3 Å². The zero-order chi connectivity index (χ0) is 16.6. The van der Waals surface area contributed by atoms with Gasteiger partial charge in [0.25, 0.3) is 0 Å². The van der Waals surface area contributed by atoms with Crippen molar-refractivity contribution >= 4 is 17.4 Å². The molecule has 0 aromatic carbocycles. The molecule has 1 aliphatic heterocycles. The van der Waals surface area contributed by atoms with Gasteiger partial charge >= 0.3 is 0 Å². The summed E-state index contributed by atoms with van der Waals surface area (Å²) < 4.78 is 1.83. The van der Waals surface area contributed by atoms with Crippen LogP contribution in [0.3, 0.4) is 0 Å². The molecule has 6 nitrogen and oxygen atoms in total. The average Bonchev–Trinajstić information content (AvgIpc) is 2.94. The van der Waals surface area contributed by atoms with Gasteiger partial charge in [-0.05, 0) is 19.8 Å². The monoisotopic (exact) mass is 315 g/mol. The Morgan fingerprint density at radius 2 is 2.00 bits per heavy atom. The number of hydrogen-bond donors (Lipinski definition) is 1. The quantitative estimate of drug-likeness (QED) is 0.925. The van der Waals surface area contributed by atoms with E-state index < -0.39 is 0 Å². The molecule has 1 amide bonds. The Morgan fingerprint density at radius 1 is 1.30 bits per heavy atom. The highest BCUT2D eigenvalue weighted by Gasteiger charge is 2.30. The van der Waals surface area contributed by atoms with E-state index in [9.17, 15) is 4.79 Å². The second kappa shape index (κ2) is 5.83. The number of nitrogens with zero attached hydrogens (tertiary/aromatic N) is 4. The topological polar surface area (TPSA) is 62.5 Å². The number of carbonyl (C=O) groups excluding carboxylic acids is 1. The van der Waals surface area contributed by atoms with E-state index in [1.54, 1.807) is 6.20 Å². The third kappa shape index (κ3) is 3.30. The Hall–Kier alpha value is -2.11. The number of nitrogens with one attached hydrogen (secondary N) is 1. The van der Waals surface area contributed by atoms with Crippen molar-refractivity contribution in [3.05, 3.63) is 24.0 Å². The fraction of sp³-hybridized carbons (Fsp3) is 0.588. The summed E-state index contributed by atoms with van der Waals surface area (Å²) in [5, 5.41) is 7.90. The molecule has 0 spiro atoms. The number of hydrogen-bond acceptors (Lipinski definition) is 4. The SMILES string of the molecule is Cc1cc(NC2CCN(C(=O)C(C)(C)C)CC2)n2nccc2n1. The summed E-state index contributed by atoms with van der Waals surface area (Å²) in [6.07, 6.45) is 3.66. The highest BCUT2D eigenvalue weighted by Crippen LogP contribution is 2.23. The van der Waals surface area contributed by atoms with Gasteiger partial charge in [0.15, 0.2) is 5.65 Å². The molecule has 1 fully saturated rings. The fourth-order valence-corrected chi connectivity index (χ4v) is 3.05. The van der Waals surface area contributed by atoms with Crippen molar-refractivity contribution < 1.29 is 4.79 Å². The minimum atomic E-state index is -0.302. The highest BCUT2D eigenvalue weighted by atomic mass is 16.2. The lowest BCUT2D eigenvalue weighted by Gasteiger charge is -2.36. The Labute approximate surface area is 136 Å². The molecule has 0 bridgehead atoms. The second-order valence-electron chi connectivity index (χ2n) is 7.34. The van der Waals surface area contributed by atoms with Crippen LogP contribution in [0.4, 0.5) is 5.82 Å². The van der Waals surface area contributed by atoms with Crippen molar-refractivity contribution in [1.29, 1.82) is 0 Å². The lowest BCUT2D eigenvalue weighted by Crippen LogP contribution is -2.46. The molecule has 3 rings (SSSR count). The zero-order valence-electron chi connectivity index (χ0n) is 14.3. The fourth-order valence-electron chi connectivity index (χ4n) is 3.05. The van der Waals surface area contributed by atoms with E-state index in [1.165, 1.54) is 0 Å². The third-order valence-electron chi connectivity index (χ3n) is 4.26. The smallest absolute Gasteiger partial charge is 0.227 e. The van der Waals surface area contributed by atoms with Crippen molar-refractivity contribution in [1.82, 2.24) is 19.5 Å². The normalized spacial score (nSPS) is 16.8. The molecule has 6 heteroatoms. The molecular formula is C17H25N5O. The van der Waals surface area contributed by atoms with Crippen LogP contribution in [0.1, 0.15) is 39.3 Å². The van der Waals surface area contributed by atoms with Crippen LogP contribution in [0.25, 0.3) is 5.65 Å². The molecule has 0 aliphatic carbocycles. The molecule has 23 heavy (non-hydrogen) atoms. The molecule has 0 saturated carbocycles. The number of carbonyl (C=O) groups is 1. The van der Waals surface area contributed by atoms with Crippen molar-refractivity contribution in [3.63, 3.8) is 0 Å². The van der Waals surface area contributed by atoms with Gasteiger partial charge < -0.3 is 10.2 Å². The lowest BCUT2D eigenvalue weighted by molar-refractivity contribution is -0.140. The number of piperidine rings is 1. The second-order valence-corrected chi connectivity index (χ2v) is 7.34. The highest BCUT2D eigenvalue weighted by molar-refractivity contribution is 5.81. The van der Waals surface area contributed by atoms with E-state index in [0.717, 1.165) is 43.1 Å². The Bertz CT molecular complexity index is 707. The molecular weight excluding hydrogens is 290 g/mol. The summed E-state index contributed by atoms with van der Waals surface area (Å²) in [7, 11) is 0. The van der Waals surface area contributed by atoms with Gasteiger partial charge in [-0.15, -0.1) is 0 Å². The van der Waals surface area contributed by atoms with Gasteiger partial charge in [-0.1, -0.05) is 20.8 Å². The van der Waals surface area contributed by atoms with Gasteiger partial charge in [0.05, 0.1) is 6.20 Å². The Morgan fingerprint density at radius 3 is 2.65 bits per heavy atom. The maximum atomic E-state index is 12.4. The van der Waals surface area contributed by atoms with Gasteiger partial charge in [0.2, 0.25) is 5.91 Å². The van der Waals surface area contributed by atoms with Gasteiger partial charge in [-0.2, -0.15) is 9.61 Å². The lowest BCUT2D eigenvalue weighted by atomic mass is 9.93. The third-order valence-corrected chi connectivity index (χ3v) is 4.26. The Balaban J connectivity index is 1.67. The predicted molar refractivity (Wildman–Crippen MR) is 90.4 cm³/mol. The summed E-state index contributed by atoms with van der Waals surface area (Å²) in [4.78, 5) is 18.8. The number of fused-ring (bicyclic) bond motifs is 1. The van der Waals surface area contributed by atoms with Gasteiger partial charge in [0, 0.05) is 42.4 Å². The molecule has 1 aliphatic rings. The van der Waals surface area contributed by atoms with Gasteiger partial charge in [0.1, 0.15) is 5.82 Å². The van der Waals surface area contributed by atoms with Gasteiger partial charge in [-0.25, -0.2) is 4.98 Å². The number of aromatic nitrogens is 3. The van der Waals surface area contributed by atoms with Crippen molar-refractivity contribution in [3.8, 4) is 0 Å². The molecule has 2 aromatic rings. The molecule has 124 valence electrons. The average molecular weight is 315 g/mol. The number of amides is 1. The molecule has 0 atom stereocenters. The van der Waals surface area contributed by atoms with Crippen molar-refractivity contribution in [2.75, 3.05) is 18.4 Å². The van der Waals surface area contributed by atoms with Crippen LogP contribution in [-0.2, 0) is 4.79 Å². The molecule has 3 heterocycles. The summed E-state index contributed by atoms with van der Waals surface area (Å²) in [6.45, 7) is 9.54. The van der Waals surface area contributed by atoms with E-state index in [4.69, 9.17) is 0 Å². The first-order chi connectivity index (χ1) is 10.8. The summed E-state index contributed by atoms with van der Waals surface area (Å²) >= 11 is 0. The largest absolute Gasteiger partial charge is 0.367 e. The summed E-state index contributed by atoms with van der Waals surface area (Å²) in [5.41, 5.74) is 1.53. The van der Waals surface area contributed by atoms with E-state index in [0.29, 0.717) is 6.04 Å². The molecule has 0 radical (unpaired) electrons. The zero-order valence-corrected chi connectivity index (χ0v) is 14.3. The van der Waals surface area contributed by atoms with E-state index >= 15 is 0 Å². The first-order valence-electron chi connectivity index (χ1n) is 8.22. The predicted octanol–water partition coefficient (Wildman–Crippen LogP) is 2.49. The number of aryl methyl sites for hydroxylation is 1. The molecule has 2 aromatic heterocycles.